The number of hydrogen-bond donors (Lipinski definition) is 2. The highest BCUT2D eigenvalue weighted by molar-refractivity contribution is 5.88. The lowest BCUT2D eigenvalue weighted by atomic mass is 10.1. The van der Waals surface area contributed by atoms with Crippen molar-refractivity contribution >= 4 is 11.8 Å². The molecule has 0 aromatic carbocycles. The van der Waals surface area contributed by atoms with Gasteiger partial charge in [-0.1, -0.05) is 6.92 Å². The number of alkyl halides is 3. The van der Waals surface area contributed by atoms with Crippen molar-refractivity contribution in [2.45, 2.75) is 25.6 Å². The largest absolute Gasteiger partial charge is 0.405 e. The average Bonchev–Trinajstić information content (AvgIpc) is 2.28. The van der Waals surface area contributed by atoms with Crippen LogP contribution in [0.1, 0.15) is 13.3 Å². The number of halogens is 3. The van der Waals surface area contributed by atoms with Crippen LogP contribution in [0.15, 0.2) is 0 Å². The smallest absolute Gasteiger partial charge is 0.345 e. The van der Waals surface area contributed by atoms with Gasteiger partial charge in [-0.2, -0.15) is 13.2 Å². The zero-order valence-corrected chi connectivity index (χ0v) is 10.0. The molecule has 0 aromatic heterocycles. The van der Waals surface area contributed by atoms with E-state index >= 15 is 0 Å². The highest BCUT2D eigenvalue weighted by Crippen LogP contribution is 2.12. The number of carbonyl (C=O) groups is 2. The Balaban J connectivity index is 2.41. The summed E-state index contributed by atoms with van der Waals surface area (Å²) in [4.78, 5) is 24.3. The zero-order valence-electron chi connectivity index (χ0n) is 10.0. The maximum absolute atomic E-state index is 11.9. The summed E-state index contributed by atoms with van der Waals surface area (Å²) in [6.07, 6.45) is -3.85. The van der Waals surface area contributed by atoms with Gasteiger partial charge < -0.3 is 15.5 Å². The summed E-state index contributed by atoms with van der Waals surface area (Å²) < 4.78 is 35.6. The van der Waals surface area contributed by atoms with Crippen molar-refractivity contribution < 1.29 is 22.8 Å². The van der Waals surface area contributed by atoms with E-state index in [-0.39, 0.29) is 18.5 Å². The van der Waals surface area contributed by atoms with Gasteiger partial charge in [-0.15, -0.1) is 0 Å². The number of hydrogen-bond acceptors (Lipinski definition) is 3. The van der Waals surface area contributed by atoms with Gasteiger partial charge in [0, 0.05) is 13.1 Å². The molecule has 1 saturated heterocycles. The third kappa shape index (κ3) is 4.52. The first kappa shape index (κ1) is 14.7. The van der Waals surface area contributed by atoms with E-state index in [0.29, 0.717) is 19.5 Å². The van der Waals surface area contributed by atoms with Crippen LogP contribution in [0.25, 0.3) is 0 Å². The van der Waals surface area contributed by atoms with Crippen LogP contribution in [0.2, 0.25) is 0 Å². The second-order valence-corrected chi connectivity index (χ2v) is 4.07. The maximum Gasteiger partial charge on any atom is 0.405 e. The molecule has 2 N–H and O–H groups in total. The SMILES string of the molecule is CCC1NCCN(CC(=O)NCC(F)(F)F)C1=O. The van der Waals surface area contributed by atoms with Crippen molar-refractivity contribution in [2.24, 2.45) is 0 Å². The third-order valence-corrected chi connectivity index (χ3v) is 2.61. The van der Waals surface area contributed by atoms with Crippen LogP contribution in [0.3, 0.4) is 0 Å². The van der Waals surface area contributed by atoms with Crippen LogP contribution < -0.4 is 10.6 Å². The Labute approximate surface area is 103 Å². The fourth-order valence-electron chi connectivity index (χ4n) is 1.70. The van der Waals surface area contributed by atoms with Gasteiger partial charge >= 0.3 is 6.18 Å². The van der Waals surface area contributed by atoms with Crippen molar-refractivity contribution in [3.63, 3.8) is 0 Å². The molecule has 0 saturated carbocycles. The second-order valence-electron chi connectivity index (χ2n) is 4.07. The highest BCUT2D eigenvalue weighted by atomic mass is 19.4. The topological polar surface area (TPSA) is 61.4 Å². The Bertz CT molecular complexity index is 320. The van der Waals surface area contributed by atoms with Gasteiger partial charge in [0.1, 0.15) is 6.54 Å². The molecule has 5 nitrogen and oxygen atoms in total. The summed E-state index contributed by atoms with van der Waals surface area (Å²) in [5.74, 6) is -1.04. The molecule has 2 amide bonds. The normalized spacial score (nSPS) is 21.0. The van der Waals surface area contributed by atoms with Crippen molar-refractivity contribution in [2.75, 3.05) is 26.2 Å². The van der Waals surface area contributed by atoms with E-state index in [9.17, 15) is 22.8 Å². The Morgan fingerprint density at radius 1 is 1.56 bits per heavy atom. The zero-order chi connectivity index (χ0) is 13.8. The summed E-state index contributed by atoms with van der Waals surface area (Å²) >= 11 is 0. The van der Waals surface area contributed by atoms with Crippen LogP contribution in [0.5, 0.6) is 0 Å². The minimum Gasteiger partial charge on any atom is -0.345 e. The van der Waals surface area contributed by atoms with Gasteiger partial charge in [0.15, 0.2) is 0 Å². The molecule has 1 heterocycles. The third-order valence-electron chi connectivity index (χ3n) is 2.61. The Morgan fingerprint density at radius 3 is 2.78 bits per heavy atom. The summed E-state index contributed by atoms with van der Waals surface area (Å²) in [7, 11) is 0. The summed E-state index contributed by atoms with van der Waals surface area (Å²) in [6, 6.07) is -0.353. The van der Waals surface area contributed by atoms with Crippen LogP contribution in [0, 0.1) is 0 Å². The number of rotatable bonds is 4. The number of nitrogens with zero attached hydrogens (tertiary/aromatic N) is 1. The minimum absolute atomic E-state index is 0.245. The molecule has 8 heteroatoms. The van der Waals surface area contributed by atoms with Gasteiger partial charge in [-0.25, -0.2) is 0 Å². The maximum atomic E-state index is 11.9. The first-order valence-corrected chi connectivity index (χ1v) is 5.69. The standard InChI is InChI=1S/C10H16F3N3O2/c1-2-7-9(18)16(4-3-14-7)5-8(17)15-6-10(11,12)13/h7,14H,2-6H2,1H3,(H,15,17). The second kappa shape index (κ2) is 6.03. The molecule has 0 bridgehead atoms. The van der Waals surface area contributed by atoms with E-state index in [4.69, 9.17) is 0 Å². The van der Waals surface area contributed by atoms with Gasteiger partial charge in [-0.3, -0.25) is 9.59 Å². The van der Waals surface area contributed by atoms with Crippen molar-refractivity contribution in [1.82, 2.24) is 15.5 Å². The molecule has 1 rings (SSSR count). The van der Waals surface area contributed by atoms with Crippen molar-refractivity contribution in [1.29, 1.82) is 0 Å². The predicted molar refractivity (Wildman–Crippen MR) is 57.7 cm³/mol. The van der Waals surface area contributed by atoms with Gasteiger partial charge in [0.2, 0.25) is 11.8 Å². The molecule has 1 aliphatic heterocycles. The molecule has 0 aromatic rings. The lowest BCUT2D eigenvalue weighted by Crippen LogP contribution is -2.57. The molecule has 1 atom stereocenters. The molecule has 1 unspecified atom stereocenters. The number of carbonyl (C=O) groups excluding carboxylic acids is 2. The first-order chi connectivity index (χ1) is 8.33. The number of piperazine rings is 1. The van der Waals surface area contributed by atoms with E-state index in [1.54, 1.807) is 5.32 Å². The van der Waals surface area contributed by atoms with Crippen LogP contribution >= 0.6 is 0 Å². The molecule has 0 aliphatic carbocycles. The van der Waals surface area contributed by atoms with Gasteiger partial charge in [0.25, 0.3) is 0 Å². The van der Waals surface area contributed by atoms with E-state index in [1.807, 2.05) is 6.92 Å². The lowest BCUT2D eigenvalue weighted by Gasteiger charge is -2.32. The number of amides is 2. The number of nitrogens with one attached hydrogen (secondary N) is 2. The molecule has 0 spiro atoms. The van der Waals surface area contributed by atoms with Crippen LogP contribution in [-0.4, -0.2) is 55.1 Å². The molecule has 1 aliphatic rings. The molecular weight excluding hydrogens is 251 g/mol. The lowest BCUT2D eigenvalue weighted by molar-refractivity contribution is -0.144. The van der Waals surface area contributed by atoms with E-state index < -0.39 is 18.6 Å². The molecule has 1 fully saturated rings. The van der Waals surface area contributed by atoms with Gasteiger partial charge in [-0.05, 0) is 6.42 Å². The average molecular weight is 267 g/mol. The van der Waals surface area contributed by atoms with E-state index in [1.165, 1.54) is 4.90 Å². The summed E-state index contributed by atoms with van der Waals surface area (Å²) in [5, 5.41) is 4.72. The van der Waals surface area contributed by atoms with Crippen LogP contribution in [0.4, 0.5) is 13.2 Å². The van der Waals surface area contributed by atoms with E-state index in [0.717, 1.165) is 0 Å². The highest BCUT2D eigenvalue weighted by Gasteiger charge is 2.30. The van der Waals surface area contributed by atoms with E-state index in [2.05, 4.69) is 5.32 Å². The predicted octanol–water partition coefficient (Wildman–Crippen LogP) is -0.125. The van der Waals surface area contributed by atoms with Crippen molar-refractivity contribution in [3.8, 4) is 0 Å². The molecule has 18 heavy (non-hydrogen) atoms. The minimum atomic E-state index is -4.44. The Kier molecular flexibility index (Phi) is 4.94. The van der Waals surface area contributed by atoms with Crippen LogP contribution in [-0.2, 0) is 9.59 Å². The quantitative estimate of drug-likeness (QED) is 0.746. The first-order valence-electron chi connectivity index (χ1n) is 5.69. The molecular formula is C10H16F3N3O2. The monoisotopic (exact) mass is 267 g/mol. The fourth-order valence-corrected chi connectivity index (χ4v) is 1.70. The summed E-state index contributed by atoms with van der Waals surface area (Å²) in [6.45, 7) is 0.991. The molecule has 0 radical (unpaired) electrons. The van der Waals surface area contributed by atoms with Crippen molar-refractivity contribution in [3.05, 3.63) is 0 Å². The molecule has 104 valence electrons. The van der Waals surface area contributed by atoms with Gasteiger partial charge in [0.05, 0.1) is 12.6 Å². The summed E-state index contributed by atoms with van der Waals surface area (Å²) in [5.41, 5.74) is 0. The fraction of sp³-hybridized carbons (Fsp3) is 0.800. The Hall–Kier alpha value is -1.31. The Morgan fingerprint density at radius 2 is 2.22 bits per heavy atom.